The van der Waals surface area contributed by atoms with Gasteiger partial charge < -0.3 is 20.7 Å². The van der Waals surface area contributed by atoms with Crippen LogP contribution in [0.3, 0.4) is 0 Å². The molecule has 24 heavy (non-hydrogen) atoms. The van der Waals surface area contributed by atoms with E-state index in [9.17, 15) is 9.59 Å². The number of morpholine rings is 1. The average Bonchev–Trinajstić information content (AvgIpc) is 3.36. The molecule has 0 radical (unpaired) electrons. The summed E-state index contributed by atoms with van der Waals surface area (Å²) in [6, 6.07) is -0.598. The highest BCUT2D eigenvalue weighted by molar-refractivity contribution is 5.93. The molecule has 0 unspecified atom stereocenters. The second kappa shape index (κ2) is 7.70. The van der Waals surface area contributed by atoms with Gasteiger partial charge in [0.1, 0.15) is 5.54 Å². The maximum absolute atomic E-state index is 12.6. The van der Waals surface area contributed by atoms with Crippen LogP contribution in [0.15, 0.2) is 0 Å². The lowest BCUT2D eigenvalue weighted by Gasteiger charge is -2.35. The van der Waals surface area contributed by atoms with Gasteiger partial charge in [0.2, 0.25) is 5.91 Å². The minimum atomic E-state index is -0.686. The first-order valence-electron chi connectivity index (χ1n) is 9.26. The summed E-state index contributed by atoms with van der Waals surface area (Å²) < 4.78 is 5.37. The van der Waals surface area contributed by atoms with Crippen LogP contribution in [0.1, 0.15) is 38.5 Å². The fraction of sp³-hybridized carbons (Fsp3) is 0.882. The summed E-state index contributed by atoms with van der Waals surface area (Å²) in [7, 11) is 0. The summed E-state index contributed by atoms with van der Waals surface area (Å²) in [4.78, 5) is 28.1. The summed E-state index contributed by atoms with van der Waals surface area (Å²) >= 11 is 0. The third kappa shape index (κ3) is 4.39. The topological polar surface area (TPSA) is 87.9 Å². The number of carbonyl (C=O) groups is 2. The first-order valence-corrected chi connectivity index (χ1v) is 9.26. The monoisotopic (exact) mass is 338 g/mol. The van der Waals surface area contributed by atoms with Gasteiger partial charge in [0.15, 0.2) is 0 Å². The van der Waals surface area contributed by atoms with E-state index in [2.05, 4.69) is 10.2 Å². The van der Waals surface area contributed by atoms with Crippen molar-refractivity contribution < 1.29 is 14.3 Å². The maximum atomic E-state index is 12.6. The van der Waals surface area contributed by atoms with Crippen LogP contribution in [0.25, 0.3) is 0 Å². The summed E-state index contributed by atoms with van der Waals surface area (Å²) in [5, 5.41) is 2.64. The Hall–Kier alpha value is -1.34. The highest BCUT2D eigenvalue weighted by Gasteiger charge is 2.53. The molecule has 0 aromatic carbocycles. The second-order valence-corrected chi connectivity index (χ2v) is 7.40. The largest absolute Gasteiger partial charge is 0.379 e. The van der Waals surface area contributed by atoms with Gasteiger partial charge in [-0.3, -0.25) is 9.69 Å². The number of likely N-dealkylation sites (tertiary alicyclic amines) is 1. The van der Waals surface area contributed by atoms with Crippen molar-refractivity contribution >= 4 is 11.9 Å². The number of carbonyl (C=O) groups excluding carboxylic acids is 2. The number of amides is 3. The van der Waals surface area contributed by atoms with Gasteiger partial charge in [-0.15, -0.1) is 0 Å². The molecule has 3 fully saturated rings. The van der Waals surface area contributed by atoms with E-state index in [1.165, 1.54) is 12.8 Å². The predicted molar refractivity (Wildman–Crippen MR) is 90.5 cm³/mol. The number of primary amides is 1. The molecule has 3 amide bonds. The molecule has 1 saturated carbocycles. The molecular weight excluding hydrogens is 308 g/mol. The Morgan fingerprint density at radius 1 is 1.12 bits per heavy atom. The normalized spacial score (nSPS) is 24.6. The lowest BCUT2D eigenvalue weighted by molar-refractivity contribution is -0.135. The highest BCUT2D eigenvalue weighted by atomic mass is 16.5. The van der Waals surface area contributed by atoms with Crippen LogP contribution in [0.4, 0.5) is 4.79 Å². The van der Waals surface area contributed by atoms with Crippen molar-refractivity contribution in [2.24, 2.45) is 11.7 Å². The van der Waals surface area contributed by atoms with Crippen molar-refractivity contribution in [2.75, 3.05) is 45.9 Å². The van der Waals surface area contributed by atoms with Crippen molar-refractivity contribution in [1.82, 2.24) is 15.1 Å². The first kappa shape index (κ1) is 17.5. The molecule has 7 nitrogen and oxygen atoms in total. The molecule has 0 bridgehead atoms. The van der Waals surface area contributed by atoms with Crippen molar-refractivity contribution in [2.45, 2.75) is 44.1 Å². The van der Waals surface area contributed by atoms with E-state index in [4.69, 9.17) is 10.5 Å². The SMILES string of the molecule is NC(=O)NC1(C(=O)N2CCC(CCCN3CCOCC3)CC2)CC1. The Kier molecular flexibility index (Phi) is 5.61. The number of hydrogen-bond acceptors (Lipinski definition) is 4. The molecule has 2 heterocycles. The van der Waals surface area contributed by atoms with Crippen molar-refractivity contribution in [3.8, 4) is 0 Å². The number of urea groups is 1. The van der Waals surface area contributed by atoms with E-state index in [-0.39, 0.29) is 5.91 Å². The molecule has 0 aromatic rings. The fourth-order valence-electron chi connectivity index (χ4n) is 3.91. The summed E-state index contributed by atoms with van der Waals surface area (Å²) in [6.45, 7) is 6.62. The van der Waals surface area contributed by atoms with Gasteiger partial charge in [-0.05, 0) is 51.0 Å². The summed E-state index contributed by atoms with van der Waals surface area (Å²) in [6.07, 6.45) is 6.04. The van der Waals surface area contributed by atoms with E-state index < -0.39 is 11.6 Å². The Morgan fingerprint density at radius 2 is 1.79 bits per heavy atom. The molecule has 1 aliphatic carbocycles. The number of hydrogen-bond donors (Lipinski definition) is 2. The van der Waals surface area contributed by atoms with Crippen LogP contribution in [0, 0.1) is 5.92 Å². The van der Waals surface area contributed by atoms with Gasteiger partial charge in [-0.2, -0.15) is 0 Å². The Morgan fingerprint density at radius 3 is 2.38 bits per heavy atom. The van der Waals surface area contributed by atoms with Crippen molar-refractivity contribution in [1.29, 1.82) is 0 Å². The Bertz CT molecular complexity index is 453. The number of piperidine rings is 1. The minimum absolute atomic E-state index is 0.0630. The van der Waals surface area contributed by atoms with Crippen LogP contribution in [0.2, 0.25) is 0 Å². The summed E-state index contributed by atoms with van der Waals surface area (Å²) in [5.74, 6) is 0.780. The van der Waals surface area contributed by atoms with Gasteiger partial charge in [0.05, 0.1) is 13.2 Å². The molecule has 2 saturated heterocycles. The van der Waals surface area contributed by atoms with Crippen molar-refractivity contribution in [3.05, 3.63) is 0 Å². The van der Waals surface area contributed by atoms with E-state index in [0.717, 1.165) is 58.8 Å². The van der Waals surface area contributed by atoms with Gasteiger partial charge in [0.25, 0.3) is 0 Å². The number of nitrogens with zero attached hydrogens (tertiary/aromatic N) is 2. The molecule has 0 atom stereocenters. The lowest BCUT2D eigenvalue weighted by atomic mass is 9.91. The molecule has 2 aliphatic heterocycles. The van der Waals surface area contributed by atoms with Crippen LogP contribution < -0.4 is 11.1 Å². The van der Waals surface area contributed by atoms with Crippen LogP contribution in [-0.2, 0) is 9.53 Å². The maximum Gasteiger partial charge on any atom is 0.313 e. The molecule has 0 aromatic heterocycles. The molecule has 7 heteroatoms. The Labute approximate surface area is 143 Å². The Balaban J connectivity index is 1.35. The zero-order valence-electron chi connectivity index (χ0n) is 14.5. The zero-order chi connectivity index (χ0) is 17.0. The number of ether oxygens (including phenoxy) is 1. The van der Waals surface area contributed by atoms with Gasteiger partial charge in [-0.25, -0.2) is 4.79 Å². The lowest BCUT2D eigenvalue weighted by Crippen LogP contribution is -2.53. The molecule has 3 aliphatic rings. The van der Waals surface area contributed by atoms with Gasteiger partial charge >= 0.3 is 6.03 Å². The van der Waals surface area contributed by atoms with Gasteiger partial charge in [0, 0.05) is 26.2 Å². The van der Waals surface area contributed by atoms with Gasteiger partial charge in [-0.1, -0.05) is 0 Å². The van der Waals surface area contributed by atoms with Crippen LogP contribution >= 0.6 is 0 Å². The third-order valence-corrected chi connectivity index (χ3v) is 5.61. The quantitative estimate of drug-likeness (QED) is 0.740. The molecule has 3 N–H and O–H groups in total. The minimum Gasteiger partial charge on any atom is -0.379 e. The number of nitrogens with one attached hydrogen (secondary N) is 1. The predicted octanol–water partition coefficient (Wildman–Crippen LogP) is 0.538. The van der Waals surface area contributed by atoms with E-state index in [1.807, 2.05) is 4.90 Å². The number of nitrogens with two attached hydrogens (primary N) is 1. The fourth-order valence-corrected chi connectivity index (χ4v) is 3.91. The van der Waals surface area contributed by atoms with Crippen LogP contribution in [0.5, 0.6) is 0 Å². The zero-order valence-corrected chi connectivity index (χ0v) is 14.5. The first-order chi connectivity index (χ1) is 11.6. The van der Waals surface area contributed by atoms with E-state index in [1.54, 1.807) is 0 Å². The molecular formula is C17H30N4O3. The highest BCUT2D eigenvalue weighted by Crippen LogP contribution is 2.38. The van der Waals surface area contributed by atoms with Crippen LogP contribution in [-0.4, -0.2) is 73.2 Å². The smallest absolute Gasteiger partial charge is 0.313 e. The molecule has 0 spiro atoms. The number of rotatable bonds is 6. The molecule has 3 rings (SSSR count). The standard InChI is InChI=1S/C17H30N4O3/c18-16(23)19-17(5-6-17)15(22)21-8-3-14(4-9-21)2-1-7-20-10-12-24-13-11-20/h14H,1-13H2,(H3,18,19,23). The van der Waals surface area contributed by atoms with E-state index >= 15 is 0 Å². The third-order valence-electron chi connectivity index (χ3n) is 5.61. The van der Waals surface area contributed by atoms with Crippen molar-refractivity contribution in [3.63, 3.8) is 0 Å². The second-order valence-electron chi connectivity index (χ2n) is 7.40. The average molecular weight is 338 g/mol. The van der Waals surface area contributed by atoms with E-state index in [0.29, 0.717) is 18.8 Å². The summed E-state index contributed by atoms with van der Waals surface area (Å²) in [5.41, 5.74) is 4.51. The molecule has 136 valence electrons.